The number of allylic oxidation sites excluding steroid dienone is 7. The quantitative estimate of drug-likeness (QED) is 0.434. The SMILES string of the molecule is O=C1C=CC=C(/C(O)=C2\C=CC=C(c3cccc(O)c3F)N2O)C1=O. The molecule has 7 heteroatoms. The minimum absolute atomic E-state index is 0.0665. The van der Waals surface area contributed by atoms with E-state index in [2.05, 4.69) is 0 Å². The Kier molecular flexibility index (Phi) is 4.08. The van der Waals surface area contributed by atoms with Gasteiger partial charge in [0.15, 0.2) is 17.3 Å². The van der Waals surface area contributed by atoms with Crippen LogP contribution in [-0.4, -0.2) is 32.1 Å². The van der Waals surface area contributed by atoms with Gasteiger partial charge >= 0.3 is 0 Å². The molecule has 3 rings (SSSR count). The number of Topliss-reactive ketones (excluding diaryl/α,β-unsaturated/α-hetero) is 1. The molecule has 0 atom stereocenters. The molecule has 0 radical (unpaired) electrons. The number of ketones is 2. The number of halogens is 1. The second-order valence-corrected chi connectivity index (χ2v) is 5.23. The molecule has 1 aliphatic heterocycles. The van der Waals surface area contributed by atoms with Crippen LogP contribution in [0.25, 0.3) is 5.70 Å². The van der Waals surface area contributed by atoms with Crippen LogP contribution < -0.4 is 0 Å². The van der Waals surface area contributed by atoms with E-state index in [1.54, 1.807) is 0 Å². The topological polar surface area (TPSA) is 98.1 Å². The second-order valence-electron chi connectivity index (χ2n) is 5.23. The Morgan fingerprint density at radius 1 is 1.08 bits per heavy atom. The third-order valence-corrected chi connectivity index (χ3v) is 3.70. The summed E-state index contributed by atoms with van der Waals surface area (Å²) >= 11 is 0. The van der Waals surface area contributed by atoms with Crippen molar-refractivity contribution in [1.82, 2.24) is 5.06 Å². The molecule has 6 nitrogen and oxygen atoms in total. The first-order chi connectivity index (χ1) is 11.9. The van der Waals surface area contributed by atoms with E-state index in [4.69, 9.17) is 0 Å². The van der Waals surface area contributed by atoms with Crippen molar-refractivity contribution in [2.75, 3.05) is 0 Å². The molecule has 0 saturated heterocycles. The van der Waals surface area contributed by atoms with Gasteiger partial charge in [0.1, 0.15) is 5.70 Å². The monoisotopic (exact) mass is 341 g/mol. The van der Waals surface area contributed by atoms with E-state index in [9.17, 15) is 29.4 Å². The smallest absolute Gasteiger partial charge is 0.236 e. The van der Waals surface area contributed by atoms with Crippen LogP contribution in [0.2, 0.25) is 0 Å². The molecule has 2 aliphatic rings. The molecule has 0 fully saturated rings. The molecule has 0 aromatic heterocycles. The van der Waals surface area contributed by atoms with Crippen LogP contribution in [0.3, 0.4) is 0 Å². The summed E-state index contributed by atoms with van der Waals surface area (Å²) in [5.74, 6) is -3.91. The van der Waals surface area contributed by atoms with Crippen LogP contribution in [0.1, 0.15) is 5.56 Å². The first-order valence-electron chi connectivity index (χ1n) is 7.17. The molecular formula is C18H12FNO5. The fourth-order valence-corrected chi connectivity index (χ4v) is 2.44. The number of hydrogen-bond donors (Lipinski definition) is 3. The van der Waals surface area contributed by atoms with Gasteiger partial charge in [-0.3, -0.25) is 14.8 Å². The van der Waals surface area contributed by atoms with Crippen LogP contribution in [-0.2, 0) is 9.59 Å². The number of aliphatic hydroxyl groups excluding tert-OH is 1. The van der Waals surface area contributed by atoms with Crippen molar-refractivity contribution >= 4 is 17.3 Å². The maximum Gasteiger partial charge on any atom is 0.236 e. The Morgan fingerprint density at radius 2 is 1.80 bits per heavy atom. The number of phenols is 1. The number of hydroxylamine groups is 2. The van der Waals surface area contributed by atoms with Crippen LogP contribution in [0.5, 0.6) is 5.75 Å². The van der Waals surface area contributed by atoms with E-state index < -0.39 is 28.9 Å². The third kappa shape index (κ3) is 2.77. The van der Waals surface area contributed by atoms with Crippen molar-refractivity contribution in [3.8, 4) is 5.75 Å². The Bertz CT molecular complexity index is 937. The van der Waals surface area contributed by atoms with E-state index in [1.165, 1.54) is 42.5 Å². The van der Waals surface area contributed by atoms with Gasteiger partial charge in [0.25, 0.3) is 0 Å². The van der Waals surface area contributed by atoms with Crippen LogP contribution in [0, 0.1) is 5.82 Å². The summed E-state index contributed by atoms with van der Waals surface area (Å²) in [6.07, 6.45) is 7.66. The number of carbonyl (C=O) groups is 2. The number of rotatable bonds is 2. The predicted octanol–water partition coefficient (Wildman–Crippen LogP) is 2.54. The van der Waals surface area contributed by atoms with Gasteiger partial charge in [-0.25, -0.2) is 9.45 Å². The van der Waals surface area contributed by atoms with Crippen LogP contribution >= 0.6 is 0 Å². The lowest BCUT2D eigenvalue weighted by molar-refractivity contribution is -0.131. The summed E-state index contributed by atoms with van der Waals surface area (Å²) in [5.41, 5.74) is -0.688. The molecule has 1 aromatic carbocycles. The highest BCUT2D eigenvalue weighted by atomic mass is 19.1. The summed E-state index contributed by atoms with van der Waals surface area (Å²) in [6.45, 7) is 0. The second kappa shape index (κ2) is 6.21. The fourth-order valence-electron chi connectivity index (χ4n) is 2.44. The number of phenolic OH excluding ortho intramolecular Hbond substituents is 1. The van der Waals surface area contributed by atoms with Gasteiger partial charge in [0, 0.05) is 5.56 Å². The molecule has 1 aliphatic carbocycles. The summed E-state index contributed by atoms with van der Waals surface area (Å²) in [4.78, 5) is 23.3. The van der Waals surface area contributed by atoms with Gasteiger partial charge in [-0.15, -0.1) is 0 Å². The van der Waals surface area contributed by atoms with Crippen molar-refractivity contribution in [2.24, 2.45) is 0 Å². The van der Waals surface area contributed by atoms with E-state index in [0.29, 0.717) is 5.06 Å². The molecule has 0 amide bonds. The third-order valence-electron chi connectivity index (χ3n) is 3.70. The minimum Gasteiger partial charge on any atom is -0.505 e. The van der Waals surface area contributed by atoms with Crippen molar-refractivity contribution in [2.45, 2.75) is 0 Å². The lowest BCUT2D eigenvalue weighted by Gasteiger charge is -2.25. The molecule has 0 saturated carbocycles. The number of aliphatic hydroxyl groups is 1. The molecule has 0 unspecified atom stereocenters. The molecular weight excluding hydrogens is 329 g/mol. The number of aromatic hydroxyl groups is 1. The van der Waals surface area contributed by atoms with E-state index in [-0.39, 0.29) is 22.5 Å². The molecule has 25 heavy (non-hydrogen) atoms. The first kappa shape index (κ1) is 16.4. The number of nitrogens with zero attached hydrogens (tertiary/aromatic N) is 1. The summed E-state index contributed by atoms with van der Waals surface area (Å²) in [5, 5.41) is 30.6. The highest BCUT2D eigenvalue weighted by molar-refractivity contribution is 6.49. The molecule has 1 heterocycles. The van der Waals surface area contributed by atoms with Gasteiger partial charge in [0.2, 0.25) is 11.6 Å². The van der Waals surface area contributed by atoms with E-state index >= 15 is 0 Å². The van der Waals surface area contributed by atoms with Gasteiger partial charge in [-0.2, -0.15) is 0 Å². The van der Waals surface area contributed by atoms with E-state index in [1.807, 2.05) is 0 Å². The molecule has 0 spiro atoms. The zero-order valence-electron chi connectivity index (χ0n) is 12.7. The van der Waals surface area contributed by atoms with Crippen molar-refractivity contribution < 1.29 is 29.4 Å². The summed E-state index contributed by atoms with van der Waals surface area (Å²) < 4.78 is 14.1. The number of hydrogen-bond acceptors (Lipinski definition) is 6. The van der Waals surface area contributed by atoms with Crippen molar-refractivity contribution in [1.29, 1.82) is 0 Å². The van der Waals surface area contributed by atoms with Crippen molar-refractivity contribution in [3.63, 3.8) is 0 Å². The highest BCUT2D eigenvalue weighted by Crippen LogP contribution is 2.33. The summed E-state index contributed by atoms with van der Waals surface area (Å²) in [7, 11) is 0. The maximum absolute atomic E-state index is 14.1. The number of carbonyl (C=O) groups excluding carboxylic acids is 2. The Morgan fingerprint density at radius 3 is 2.56 bits per heavy atom. The molecule has 126 valence electrons. The largest absolute Gasteiger partial charge is 0.505 e. The van der Waals surface area contributed by atoms with E-state index in [0.717, 1.165) is 12.1 Å². The van der Waals surface area contributed by atoms with Crippen LogP contribution in [0.15, 0.2) is 71.7 Å². The van der Waals surface area contributed by atoms with Crippen LogP contribution in [0.4, 0.5) is 4.39 Å². The average molecular weight is 341 g/mol. The minimum atomic E-state index is -0.951. The lowest BCUT2D eigenvalue weighted by Crippen LogP contribution is -2.24. The Labute approximate surface area is 141 Å². The standard InChI is InChI=1S/C18H12FNO5/c19-16-10(4-1-8-14(16)21)12-6-3-7-13(20(12)25)17(23)11-5-2-9-15(22)18(11)24/h1-9,21,23,25H/b17-13-. The Hall–Kier alpha value is -3.45. The van der Waals surface area contributed by atoms with Gasteiger partial charge in [0.05, 0.1) is 11.3 Å². The zero-order chi connectivity index (χ0) is 18.1. The lowest BCUT2D eigenvalue weighted by atomic mass is 9.98. The highest BCUT2D eigenvalue weighted by Gasteiger charge is 2.28. The van der Waals surface area contributed by atoms with Crippen molar-refractivity contribution in [3.05, 3.63) is 83.1 Å². The average Bonchev–Trinajstić information content (AvgIpc) is 2.60. The summed E-state index contributed by atoms with van der Waals surface area (Å²) in [6, 6.07) is 3.87. The fraction of sp³-hybridized carbons (Fsp3) is 0. The number of benzene rings is 1. The first-order valence-corrected chi connectivity index (χ1v) is 7.17. The zero-order valence-corrected chi connectivity index (χ0v) is 12.7. The maximum atomic E-state index is 14.1. The predicted molar refractivity (Wildman–Crippen MR) is 85.7 cm³/mol. The normalized spacial score (nSPS) is 19.0. The van der Waals surface area contributed by atoms with Gasteiger partial charge < -0.3 is 10.2 Å². The van der Waals surface area contributed by atoms with Gasteiger partial charge in [-0.1, -0.05) is 18.2 Å². The van der Waals surface area contributed by atoms with Gasteiger partial charge in [-0.05, 0) is 36.4 Å². The molecule has 3 N–H and O–H groups in total. The molecule has 0 bridgehead atoms. The molecule has 1 aromatic rings. The Balaban J connectivity index is 2.05.